The summed E-state index contributed by atoms with van der Waals surface area (Å²) in [6.45, 7) is 19.1. The normalized spacial score (nSPS) is 10.8. The van der Waals surface area contributed by atoms with Gasteiger partial charge in [0, 0.05) is 23.9 Å². The van der Waals surface area contributed by atoms with Gasteiger partial charge in [0.1, 0.15) is 5.75 Å². The van der Waals surface area contributed by atoms with E-state index in [0.29, 0.717) is 19.4 Å². The summed E-state index contributed by atoms with van der Waals surface area (Å²) in [5.41, 5.74) is 8.23. The molecular weight excluding hydrogens is 438 g/mol. The van der Waals surface area contributed by atoms with E-state index in [4.69, 9.17) is 15.0 Å². The Morgan fingerprint density at radius 3 is 2.29 bits per heavy atom. The van der Waals surface area contributed by atoms with Gasteiger partial charge in [-0.15, -0.1) is 0 Å². The summed E-state index contributed by atoms with van der Waals surface area (Å²) in [5, 5.41) is 8.36. The molecule has 0 atom stereocenters. The van der Waals surface area contributed by atoms with Gasteiger partial charge in [0.05, 0.1) is 12.3 Å². The summed E-state index contributed by atoms with van der Waals surface area (Å²) in [7, 11) is 0. The third-order valence-electron chi connectivity index (χ3n) is 5.19. The molecule has 0 radical (unpaired) electrons. The highest BCUT2D eigenvalue weighted by atomic mass is 16.5. The zero-order valence-corrected chi connectivity index (χ0v) is 23.9. The average molecular weight is 492 g/mol. The number of hydrogen-bond acceptors (Lipinski definition) is 5. The van der Waals surface area contributed by atoms with Crippen molar-refractivity contribution >= 4 is 16.9 Å². The fourth-order valence-electron chi connectivity index (χ4n) is 3.45. The summed E-state index contributed by atoms with van der Waals surface area (Å²) in [6.07, 6.45) is 8.46. The minimum Gasteiger partial charge on any atom is -0.493 e. The van der Waals surface area contributed by atoms with Crippen LogP contribution in [-0.4, -0.2) is 30.8 Å². The van der Waals surface area contributed by atoms with Gasteiger partial charge in [0.15, 0.2) is 5.58 Å². The van der Waals surface area contributed by atoms with Gasteiger partial charge in [0.2, 0.25) is 5.91 Å². The van der Waals surface area contributed by atoms with Crippen LogP contribution in [-0.2, 0) is 17.6 Å². The van der Waals surface area contributed by atoms with Gasteiger partial charge < -0.3 is 20.3 Å². The van der Waals surface area contributed by atoms with Crippen molar-refractivity contribution in [1.29, 1.82) is 0 Å². The number of aryl methyl sites for hydroxylation is 1. The molecule has 0 saturated heterocycles. The number of rotatable bonds is 13. The van der Waals surface area contributed by atoms with Crippen molar-refractivity contribution in [3.63, 3.8) is 0 Å². The predicted octanol–water partition coefficient (Wildman–Crippen LogP) is 7.22. The second-order valence-corrected chi connectivity index (χ2v) is 9.83. The lowest BCUT2D eigenvalue weighted by Gasteiger charge is -2.16. The van der Waals surface area contributed by atoms with Crippen molar-refractivity contribution in [3.8, 4) is 5.75 Å². The van der Waals surface area contributed by atoms with E-state index in [1.54, 1.807) is 0 Å². The Labute approximate surface area is 214 Å². The Morgan fingerprint density at radius 1 is 1.06 bits per heavy atom. The van der Waals surface area contributed by atoms with Crippen LogP contribution in [0.15, 0.2) is 16.7 Å². The van der Waals surface area contributed by atoms with Gasteiger partial charge in [-0.05, 0) is 56.2 Å². The van der Waals surface area contributed by atoms with Crippen LogP contribution in [0.25, 0.3) is 11.0 Å². The average Bonchev–Trinajstić information content (AvgIpc) is 3.22. The molecule has 2 aromatic rings. The van der Waals surface area contributed by atoms with E-state index in [2.05, 4.69) is 58.1 Å². The number of ether oxygens (including phenoxy) is 1. The lowest BCUT2D eigenvalue weighted by atomic mass is 9.89. The first-order chi connectivity index (χ1) is 16.8. The smallest absolute Gasteiger partial charge is 0.220 e. The van der Waals surface area contributed by atoms with E-state index >= 15 is 0 Å². The number of nitrogens with zero attached hydrogens (tertiary/aromatic N) is 1. The summed E-state index contributed by atoms with van der Waals surface area (Å²) in [6, 6.07) is 4.08. The lowest BCUT2D eigenvalue weighted by Crippen LogP contribution is -2.24. The first kappa shape index (κ1) is 32.9. The molecule has 2 rings (SSSR count). The maximum atomic E-state index is 11.8. The van der Waals surface area contributed by atoms with E-state index in [9.17, 15) is 4.79 Å². The Bertz CT molecular complexity index is 807. The van der Waals surface area contributed by atoms with Crippen LogP contribution in [0.5, 0.6) is 5.75 Å². The number of carbonyl (C=O) groups excluding carboxylic acids is 1. The topological polar surface area (TPSA) is 90.4 Å². The third-order valence-corrected chi connectivity index (χ3v) is 5.19. The molecule has 1 aromatic carbocycles. The van der Waals surface area contributed by atoms with Crippen molar-refractivity contribution in [3.05, 3.63) is 23.4 Å². The number of nitrogens with one attached hydrogen (secondary N) is 1. The molecule has 0 bridgehead atoms. The quantitative estimate of drug-likeness (QED) is 0.289. The summed E-state index contributed by atoms with van der Waals surface area (Å²) in [5.74, 6) is 0.947. The largest absolute Gasteiger partial charge is 0.493 e. The molecule has 1 aromatic heterocycles. The van der Waals surface area contributed by atoms with Crippen LogP contribution in [0.3, 0.4) is 0 Å². The van der Waals surface area contributed by atoms with E-state index < -0.39 is 0 Å². The zero-order valence-electron chi connectivity index (χ0n) is 23.9. The molecule has 0 saturated carbocycles. The number of aromatic nitrogens is 1. The minimum atomic E-state index is 0.100. The number of hydrogen-bond donors (Lipinski definition) is 2. The number of fused-ring (bicyclic) bond motifs is 1. The first-order valence-electron chi connectivity index (χ1n) is 13.8. The van der Waals surface area contributed by atoms with Crippen LogP contribution >= 0.6 is 0 Å². The minimum absolute atomic E-state index is 0.100. The predicted molar refractivity (Wildman–Crippen MR) is 149 cm³/mol. The SMILES string of the molecule is CC.CCCCN.CCCCNC(=O)CCCOc1ccc2c(CC(C)(C)C)noc2c1CCC. The third kappa shape index (κ3) is 13.6. The molecule has 35 heavy (non-hydrogen) atoms. The molecule has 0 spiro atoms. The Kier molecular flexibility index (Phi) is 18.0. The van der Waals surface area contributed by atoms with Crippen molar-refractivity contribution < 1.29 is 14.1 Å². The maximum absolute atomic E-state index is 11.8. The van der Waals surface area contributed by atoms with E-state index in [1.807, 2.05) is 19.9 Å². The molecule has 0 aliphatic rings. The molecule has 0 aliphatic heterocycles. The fourth-order valence-corrected chi connectivity index (χ4v) is 3.45. The molecule has 0 fully saturated rings. The Hall–Kier alpha value is -2.08. The summed E-state index contributed by atoms with van der Waals surface area (Å²) in [4.78, 5) is 11.8. The lowest BCUT2D eigenvalue weighted by molar-refractivity contribution is -0.121. The second-order valence-electron chi connectivity index (χ2n) is 9.83. The summed E-state index contributed by atoms with van der Waals surface area (Å²) >= 11 is 0. The molecule has 202 valence electrons. The summed E-state index contributed by atoms with van der Waals surface area (Å²) < 4.78 is 11.7. The number of unbranched alkanes of at least 4 members (excludes halogenated alkanes) is 2. The zero-order chi connectivity index (χ0) is 26.7. The Morgan fingerprint density at radius 2 is 1.74 bits per heavy atom. The van der Waals surface area contributed by atoms with Crippen LogP contribution in [0.2, 0.25) is 0 Å². The molecular formula is C29H53N3O3. The molecule has 0 aliphatic carbocycles. The van der Waals surface area contributed by atoms with E-state index in [0.717, 1.165) is 73.2 Å². The molecule has 1 amide bonds. The molecule has 0 unspecified atom stereocenters. The van der Waals surface area contributed by atoms with Crippen molar-refractivity contribution in [2.45, 2.75) is 113 Å². The molecule has 6 nitrogen and oxygen atoms in total. The van der Waals surface area contributed by atoms with Crippen molar-refractivity contribution in [1.82, 2.24) is 10.5 Å². The number of carbonyl (C=O) groups is 1. The highest BCUT2D eigenvalue weighted by Gasteiger charge is 2.20. The highest BCUT2D eigenvalue weighted by molar-refractivity contribution is 5.84. The van der Waals surface area contributed by atoms with Gasteiger partial charge in [-0.2, -0.15) is 0 Å². The van der Waals surface area contributed by atoms with Crippen LogP contribution < -0.4 is 15.8 Å². The fraction of sp³-hybridized carbons (Fsp3) is 0.724. The van der Waals surface area contributed by atoms with Crippen LogP contribution in [0.4, 0.5) is 0 Å². The van der Waals surface area contributed by atoms with Crippen molar-refractivity contribution in [2.24, 2.45) is 11.1 Å². The molecule has 3 N–H and O–H groups in total. The van der Waals surface area contributed by atoms with Gasteiger partial charge in [-0.3, -0.25) is 4.79 Å². The number of nitrogens with two attached hydrogens (primary N) is 1. The maximum Gasteiger partial charge on any atom is 0.220 e. The molecule has 1 heterocycles. The highest BCUT2D eigenvalue weighted by Crippen LogP contribution is 2.33. The monoisotopic (exact) mass is 491 g/mol. The second kappa shape index (κ2) is 19.1. The van der Waals surface area contributed by atoms with Crippen LogP contribution in [0.1, 0.15) is 112 Å². The van der Waals surface area contributed by atoms with E-state index in [-0.39, 0.29) is 11.3 Å². The van der Waals surface area contributed by atoms with Gasteiger partial charge >= 0.3 is 0 Å². The number of benzene rings is 1. The van der Waals surface area contributed by atoms with Gasteiger partial charge in [0.25, 0.3) is 0 Å². The first-order valence-corrected chi connectivity index (χ1v) is 13.8. The van der Waals surface area contributed by atoms with Crippen LogP contribution in [0, 0.1) is 5.41 Å². The standard InChI is InChI=1S/C23H36N2O3.C4H11N.C2H6/c1-6-8-14-24-21(26)11-9-15-27-20-13-12-17-19(16-23(3,4)5)25-28-22(17)18(20)10-7-2;1-2-3-4-5;1-2/h12-13H,6-11,14-16H2,1-5H3,(H,24,26);2-5H2,1H3;1-2H3. The number of amides is 1. The van der Waals surface area contributed by atoms with Gasteiger partial charge in [-0.25, -0.2) is 0 Å². The Balaban J connectivity index is 0.00000146. The van der Waals surface area contributed by atoms with Gasteiger partial charge in [-0.1, -0.05) is 79.8 Å². The molecule has 6 heteroatoms. The van der Waals surface area contributed by atoms with E-state index in [1.165, 1.54) is 12.8 Å². The van der Waals surface area contributed by atoms with Crippen molar-refractivity contribution in [2.75, 3.05) is 19.7 Å².